The van der Waals surface area contributed by atoms with E-state index >= 15 is 4.39 Å². The summed E-state index contributed by atoms with van der Waals surface area (Å²) < 4.78 is 18.8. The molecular formula is C32H27FN4O5. The Labute approximate surface area is 238 Å². The maximum Gasteiger partial charge on any atom is 0.341 e. The number of aromatic nitrogens is 2. The topological polar surface area (TPSA) is 105 Å². The summed E-state index contributed by atoms with van der Waals surface area (Å²) in [4.78, 5) is 55.1. The van der Waals surface area contributed by atoms with E-state index in [1.54, 1.807) is 51.6 Å². The molecule has 5 aromatic rings. The third kappa shape index (κ3) is 4.26. The van der Waals surface area contributed by atoms with Gasteiger partial charge in [-0.2, -0.15) is 0 Å². The molecule has 0 spiro atoms. The quantitative estimate of drug-likeness (QED) is 0.320. The molecule has 3 aromatic carbocycles. The van der Waals surface area contributed by atoms with Gasteiger partial charge in [0.1, 0.15) is 11.4 Å². The van der Waals surface area contributed by atoms with Crippen LogP contribution >= 0.6 is 0 Å². The van der Waals surface area contributed by atoms with Crippen LogP contribution in [-0.4, -0.2) is 63.7 Å². The first-order valence-electron chi connectivity index (χ1n) is 14.0. The normalized spacial score (nSPS) is 16.0. The molecule has 2 fully saturated rings. The average Bonchev–Trinajstić information content (AvgIpc) is 3.84. The number of para-hydroxylation sites is 2. The Morgan fingerprint density at radius 2 is 1.43 bits per heavy atom. The van der Waals surface area contributed by atoms with Crippen molar-refractivity contribution in [2.75, 3.05) is 37.6 Å². The Morgan fingerprint density at radius 3 is 2.02 bits per heavy atom. The number of carbonyl (C=O) groups excluding carboxylic acids is 1. The van der Waals surface area contributed by atoms with E-state index in [2.05, 4.69) is 0 Å². The molecule has 42 heavy (non-hydrogen) atoms. The molecule has 1 saturated carbocycles. The summed E-state index contributed by atoms with van der Waals surface area (Å²) in [6.45, 7) is 2.06. The molecule has 0 atom stereocenters. The SMILES string of the molecule is O=C(O)c1cn(C2CC2)c2cc(N3CCN(CC(=O)n4c5ccccc5c(=O)c5ccccc54)CC3)c(F)cc2c1=O. The number of fused-ring (bicyclic) bond motifs is 3. The van der Waals surface area contributed by atoms with Crippen LogP contribution in [-0.2, 0) is 0 Å². The Morgan fingerprint density at radius 1 is 0.810 bits per heavy atom. The Bertz CT molecular complexity index is 1990. The molecule has 0 bridgehead atoms. The molecule has 212 valence electrons. The van der Waals surface area contributed by atoms with Crippen molar-refractivity contribution >= 4 is 50.3 Å². The van der Waals surface area contributed by atoms with Crippen LogP contribution in [0.25, 0.3) is 32.7 Å². The highest BCUT2D eigenvalue weighted by atomic mass is 19.1. The molecular weight excluding hydrogens is 539 g/mol. The van der Waals surface area contributed by atoms with E-state index in [0.717, 1.165) is 18.9 Å². The van der Waals surface area contributed by atoms with Crippen LogP contribution in [0, 0.1) is 5.82 Å². The minimum absolute atomic E-state index is 0.0628. The second-order valence-electron chi connectivity index (χ2n) is 11.0. The number of rotatable bonds is 5. The number of halogens is 1. The van der Waals surface area contributed by atoms with E-state index in [1.165, 1.54) is 6.20 Å². The number of hydrogen-bond acceptors (Lipinski definition) is 6. The van der Waals surface area contributed by atoms with Gasteiger partial charge < -0.3 is 14.6 Å². The fraction of sp³-hybridized carbons (Fsp3) is 0.250. The molecule has 1 N–H and O–H groups in total. The van der Waals surface area contributed by atoms with Gasteiger partial charge in [0.15, 0.2) is 5.43 Å². The third-order valence-electron chi connectivity index (χ3n) is 8.37. The largest absolute Gasteiger partial charge is 0.477 e. The van der Waals surface area contributed by atoms with Crippen molar-refractivity contribution in [1.29, 1.82) is 0 Å². The number of carbonyl (C=O) groups is 2. The third-order valence-corrected chi connectivity index (χ3v) is 8.37. The van der Waals surface area contributed by atoms with Crippen molar-refractivity contribution in [1.82, 2.24) is 14.0 Å². The van der Waals surface area contributed by atoms with Crippen LogP contribution in [0.2, 0.25) is 0 Å². The first kappa shape index (κ1) is 26.1. The summed E-state index contributed by atoms with van der Waals surface area (Å²) in [5.74, 6) is -2.06. The Hall–Kier alpha value is -4.83. The summed E-state index contributed by atoms with van der Waals surface area (Å²) in [5.41, 5.74) is 0.851. The number of anilines is 1. The van der Waals surface area contributed by atoms with E-state index in [4.69, 9.17) is 0 Å². The van der Waals surface area contributed by atoms with Gasteiger partial charge >= 0.3 is 5.97 Å². The van der Waals surface area contributed by atoms with E-state index in [1.807, 2.05) is 21.9 Å². The average molecular weight is 567 g/mol. The van der Waals surface area contributed by atoms with Crippen LogP contribution in [0.15, 0.2) is 76.4 Å². The van der Waals surface area contributed by atoms with Gasteiger partial charge in [0, 0.05) is 54.6 Å². The Balaban J connectivity index is 1.16. The van der Waals surface area contributed by atoms with Crippen LogP contribution < -0.4 is 15.8 Å². The smallest absolute Gasteiger partial charge is 0.341 e. The first-order chi connectivity index (χ1) is 20.3. The first-order valence-corrected chi connectivity index (χ1v) is 14.0. The highest BCUT2D eigenvalue weighted by Crippen LogP contribution is 2.38. The molecule has 1 saturated heterocycles. The summed E-state index contributed by atoms with van der Waals surface area (Å²) in [7, 11) is 0. The number of aromatic carboxylic acids is 1. The summed E-state index contributed by atoms with van der Waals surface area (Å²) in [5, 5.41) is 10.5. The fourth-order valence-corrected chi connectivity index (χ4v) is 6.08. The number of carboxylic acid groups (broad SMARTS) is 1. The lowest BCUT2D eigenvalue weighted by Gasteiger charge is -2.36. The maximum absolute atomic E-state index is 15.4. The van der Waals surface area contributed by atoms with Crippen molar-refractivity contribution in [2.24, 2.45) is 0 Å². The predicted octanol–water partition coefficient (Wildman–Crippen LogP) is 4.10. The van der Waals surface area contributed by atoms with E-state index < -0.39 is 17.2 Å². The molecule has 1 aliphatic carbocycles. The summed E-state index contributed by atoms with van der Waals surface area (Å²) in [6, 6.07) is 17.1. The molecule has 2 aromatic heterocycles. The second-order valence-corrected chi connectivity index (χ2v) is 11.0. The number of piperazine rings is 1. The molecule has 10 heteroatoms. The van der Waals surface area contributed by atoms with Crippen molar-refractivity contribution in [3.05, 3.63) is 98.7 Å². The van der Waals surface area contributed by atoms with Crippen molar-refractivity contribution in [3.8, 4) is 0 Å². The van der Waals surface area contributed by atoms with Gasteiger partial charge in [-0.1, -0.05) is 24.3 Å². The van der Waals surface area contributed by atoms with Crippen LogP contribution in [0.1, 0.15) is 34.0 Å². The molecule has 0 amide bonds. The van der Waals surface area contributed by atoms with Gasteiger partial charge in [-0.05, 0) is 49.2 Å². The van der Waals surface area contributed by atoms with E-state index in [9.17, 15) is 24.3 Å². The fourth-order valence-electron chi connectivity index (χ4n) is 6.08. The van der Waals surface area contributed by atoms with Crippen LogP contribution in [0.4, 0.5) is 10.1 Å². The maximum atomic E-state index is 15.4. The van der Waals surface area contributed by atoms with Gasteiger partial charge in [0.05, 0.1) is 28.8 Å². The lowest BCUT2D eigenvalue weighted by molar-refractivity contribution is 0.0694. The van der Waals surface area contributed by atoms with E-state index in [-0.39, 0.29) is 34.9 Å². The molecule has 7 rings (SSSR count). The Kier molecular flexibility index (Phi) is 6.16. The molecule has 3 heterocycles. The van der Waals surface area contributed by atoms with Gasteiger partial charge in [0.25, 0.3) is 0 Å². The minimum atomic E-state index is -1.32. The number of carboxylic acids is 1. The molecule has 9 nitrogen and oxygen atoms in total. The van der Waals surface area contributed by atoms with Crippen molar-refractivity contribution in [2.45, 2.75) is 18.9 Å². The number of pyridine rings is 2. The summed E-state index contributed by atoms with van der Waals surface area (Å²) in [6.07, 6.45) is 3.12. The summed E-state index contributed by atoms with van der Waals surface area (Å²) >= 11 is 0. The van der Waals surface area contributed by atoms with Crippen LogP contribution in [0.3, 0.4) is 0 Å². The van der Waals surface area contributed by atoms with Crippen molar-refractivity contribution < 1.29 is 19.1 Å². The van der Waals surface area contributed by atoms with Gasteiger partial charge in [-0.3, -0.25) is 23.9 Å². The zero-order valence-electron chi connectivity index (χ0n) is 22.6. The molecule has 0 radical (unpaired) electrons. The second kappa shape index (κ2) is 9.92. The van der Waals surface area contributed by atoms with Gasteiger partial charge in [0.2, 0.25) is 11.3 Å². The number of benzene rings is 3. The molecule has 2 aliphatic rings. The predicted molar refractivity (Wildman–Crippen MR) is 158 cm³/mol. The van der Waals surface area contributed by atoms with Gasteiger partial charge in [-0.25, -0.2) is 9.18 Å². The minimum Gasteiger partial charge on any atom is -0.477 e. The lowest BCUT2D eigenvalue weighted by Crippen LogP contribution is -2.48. The van der Waals surface area contributed by atoms with Crippen LogP contribution in [0.5, 0.6) is 0 Å². The van der Waals surface area contributed by atoms with Crippen molar-refractivity contribution in [3.63, 3.8) is 0 Å². The van der Waals surface area contributed by atoms with Gasteiger partial charge in [-0.15, -0.1) is 0 Å². The standard InChI is InChI=1S/C32H27FN4O5/c33-24-15-22-27(36(19-9-10-19)17-23(31(22)40)32(41)42)16-28(24)35-13-11-34(12-14-35)18-29(38)37-25-7-3-1-5-20(25)30(39)21-6-2-4-8-26(21)37/h1-8,15-17,19H,9-14,18H2,(H,41,42). The molecule has 0 unspecified atom stereocenters. The zero-order chi connectivity index (χ0) is 29.1. The number of nitrogens with zero attached hydrogens (tertiary/aromatic N) is 4. The zero-order valence-corrected chi connectivity index (χ0v) is 22.6. The monoisotopic (exact) mass is 566 g/mol. The highest BCUT2D eigenvalue weighted by Gasteiger charge is 2.29. The highest BCUT2D eigenvalue weighted by molar-refractivity contribution is 6.03. The lowest BCUT2D eigenvalue weighted by atomic mass is 10.1. The number of hydrogen-bond donors (Lipinski definition) is 1. The van der Waals surface area contributed by atoms with E-state index in [0.29, 0.717) is 59.2 Å². The molecule has 1 aliphatic heterocycles.